The van der Waals surface area contributed by atoms with Gasteiger partial charge in [0.25, 0.3) is 0 Å². The SMILES string of the molecule is CCNc1nc(NCc2ccc(Cl)s2)nc(OC(C)C)n1. The molecule has 0 aliphatic carbocycles. The van der Waals surface area contributed by atoms with E-state index in [9.17, 15) is 0 Å². The van der Waals surface area contributed by atoms with Gasteiger partial charge in [-0.3, -0.25) is 0 Å². The Balaban J connectivity index is 2.10. The number of nitrogens with one attached hydrogen (secondary N) is 2. The molecule has 2 heterocycles. The fourth-order valence-electron chi connectivity index (χ4n) is 1.55. The molecule has 0 fully saturated rings. The second-order valence-electron chi connectivity index (χ2n) is 4.52. The van der Waals surface area contributed by atoms with Crippen molar-refractivity contribution in [2.45, 2.75) is 33.4 Å². The van der Waals surface area contributed by atoms with E-state index in [2.05, 4.69) is 25.6 Å². The van der Waals surface area contributed by atoms with Crippen molar-refractivity contribution in [2.24, 2.45) is 0 Å². The summed E-state index contributed by atoms with van der Waals surface area (Å²) in [6, 6.07) is 4.15. The van der Waals surface area contributed by atoms with Gasteiger partial charge in [-0.2, -0.15) is 15.0 Å². The Kier molecular flexibility index (Phi) is 5.58. The highest BCUT2D eigenvalue weighted by Gasteiger charge is 2.09. The molecule has 0 aromatic carbocycles. The summed E-state index contributed by atoms with van der Waals surface area (Å²) in [5.74, 6) is 0.969. The molecular formula is C13H18ClN5OS. The number of rotatable bonds is 7. The van der Waals surface area contributed by atoms with Crippen LogP contribution in [0.5, 0.6) is 6.01 Å². The fourth-order valence-corrected chi connectivity index (χ4v) is 2.58. The molecular weight excluding hydrogens is 310 g/mol. The van der Waals surface area contributed by atoms with Crippen LogP contribution in [0.15, 0.2) is 12.1 Å². The third-order valence-corrected chi connectivity index (χ3v) is 3.57. The summed E-state index contributed by atoms with van der Waals surface area (Å²) in [4.78, 5) is 13.9. The maximum absolute atomic E-state index is 5.91. The van der Waals surface area contributed by atoms with E-state index in [1.807, 2.05) is 32.9 Å². The molecule has 0 amide bonds. The molecule has 0 radical (unpaired) electrons. The first-order valence-corrected chi connectivity index (χ1v) is 7.91. The molecule has 0 aliphatic rings. The Morgan fingerprint density at radius 1 is 1.19 bits per heavy atom. The number of halogens is 1. The standard InChI is InChI=1S/C13H18ClN5OS/c1-4-15-11-17-12(19-13(18-11)20-8(2)3)16-7-9-5-6-10(14)21-9/h5-6,8H,4,7H2,1-3H3,(H2,15,16,17,18,19). The van der Waals surface area contributed by atoms with Crippen LogP contribution in [0.4, 0.5) is 11.9 Å². The molecule has 2 aromatic rings. The van der Waals surface area contributed by atoms with E-state index in [-0.39, 0.29) is 6.10 Å². The minimum absolute atomic E-state index is 0.00540. The van der Waals surface area contributed by atoms with Gasteiger partial charge in [0.15, 0.2) is 0 Å². The normalized spacial score (nSPS) is 10.7. The molecule has 0 bridgehead atoms. The smallest absolute Gasteiger partial charge is 0.323 e. The van der Waals surface area contributed by atoms with Crippen LogP contribution in [0.3, 0.4) is 0 Å². The largest absolute Gasteiger partial charge is 0.461 e. The average molecular weight is 328 g/mol. The van der Waals surface area contributed by atoms with Crippen molar-refractivity contribution in [1.29, 1.82) is 0 Å². The number of hydrogen-bond donors (Lipinski definition) is 2. The quantitative estimate of drug-likeness (QED) is 0.812. The summed E-state index contributed by atoms with van der Waals surface area (Å²) < 4.78 is 6.30. The zero-order valence-electron chi connectivity index (χ0n) is 12.2. The van der Waals surface area contributed by atoms with Gasteiger partial charge < -0.3 is 15.4 Å². The first kappa shape index (κ1) is 15.8. The van der Waals surface area contributed by atoms with Crippen molar-refractivity contribution in [1.82, 2.24) is 15.0 Å². The maximum atomic E-state index is 5.91. The predicted molar refractivity (Wildman–Crippen MR) is 86.4 cm³/mol. The summed E-state index contributed by atoms with van der Waals surface area (Å²) >= 11 is 7.43. The lowest BCUT2D eigenvalue weighted by molar-refractivity contribution is 0.222. The first-order valence-electron chi connectivity index (χ1n) is 6.71. The summed E-state index contributed by atoms with van der Waals surface area (Å²) in [5, 5.41) is 6.22. The summed E-state index contributed by atoms with van der Waals surface area (Å²) in [5.41, 5.74) is 0. The van der Waals surface area contributed by atoms with Gasteiger partial charge in [-0.05, 0) is 32.9 Å². The maximum Gasteiger partial charge on any atom is 0.323 e. The Morgan fingerprint density at radius 3 is 2.48 bits per heavy atom. The number of aromatic nitrogens is 3. The zero-order valence-corrected chi connectivity index (χ0v) is 13.8. The van der Waals surface area contributed by atoms with Crippen molar-refractivity contribution in [3.63, 3.8) is 0 Å². The molecule has 2 rings (SSSR count). The van der Waals surface area contributed by atoms with Gasteiger partial charge in [0, 0.05) is 11.4 Å². The van der Waals surface area contributed by atoms with Crippen LogP contribution in [0.2, 0.25) is 4.34 Å². The summed E-state index contributed by atoms with van der Waals surface area (Å²) in [6.45, 7) is 7.17. The highest BCUT2D eigenvalue weighted by atomic mass is 35.5. The second kappa shape index (κ2) is 7.42. The summed E-state index contributed by atoms with van der Waals surface area (Å²) in [7, 11) is 0. The Bertz CT molecular complexity index is 590. The van der Waals surface area contributed by atoms with Crippen LogP contribution < -0.4 is 15.4 Å². The molecule has 0 spiro atoms. The highest BCUT2D eigenvalue weighted by Crippen LogP contribution is 2.22. The lowest BCUT2D eigenvalue weighted by Crippen LogP contribution is -2.13. The van der Waals surface area contributed by atoms with Gasteiger partial charge >= 0.3 is 6.01 Å². The molecule has 8 heteroatoms. The van der Waals surface area contributed by atoms with Gasteiger partial charge in [0.1, 0.15) is 0 Å². The Labute approximate surface area is 132 Å². The van der Waals surface area contributed by atoms with Gasteiger partial charge in [-0.1, -0.05) is 11.6 Å². The van der Waals surface area contributed by atoms with Crippen LogP contribution in [-0.4, -0.2) is 27.6 Å². The fraction of sp³-hybridized carbons (Fsp3) is 0.462. The average Bonchev–Trinajstić information content (AvgIpc) is 2.82. The van der Waals surface area contributed by atoms with E-state index in [0.29, 0.717) is 24.5 Å². The van der Waals surface area contributed by atoms with E-state index in [0.717, 1.165) is 15.8 Å². The molecule has 6 nitrogen and oxygen atoms in total. The Hall–Kier alpha value is -1.60. The van der Waals surface area contributed by atoms with Crippen molar-refractivity contribution >= 4 is 34.8 Å². The van der Waals surface area contributed by atoms with Crippen molar-refractivity contribution in [3.8, 4) is 6.01 Å². The number of ether oxygens (including phenoxy) is 1. The van der Waals surface area contributed by atoms with Crippen LogP contribution in [-0.2, 0) is 6.54 Å². The molecule has 0 saturated carbocycles. The van der Waals surface area contributed by atoms with Gasteiger partial charge in [-0.25, -0.2) is 0 Å². The molecule has 21 heavy (non-hydrogen) atoms. The van der Waals surface area contributed by atoms with E-state index < -0.39 is 0 Å². The third kappa shape index (κ3) is 5.02. The highest BCUT2D eigenvalue weighted by molar-refractivity contribution is 7.16. The third-order valence-electron chi connectivity index (χ3n) is 2.34. The van der Waals surface area contributed by atoms with Crippen LogP contribution in [0, 0.1) is 0 Å². The molecule has 0 saturated heterocycles. The predicted octanol–water partition coefficient (Wildman–Crippen LogP) is 3.42. The molecule has 2 aromatic heterocycles. The monoisotopic (exact) mass is 327 g/mol. The van der Waals surface area contributed by atoms with E-state index in [1.165, 1.54) is 11.3 Å². The topological polar surface area (TPSA) is 72.0 Å². The van der Waals surface area contributed by atoms with Crippen LogP contribution in [0.1, 0.15) is 25.6 Å². The lowest BCUT2D eigenvalue weighted by atomic mass is 10.5. The number of hydrogen-bond acceptors (Lipinski definition) is 7. The van der Waals surface area contributed by atoms with E-state index in [1.54, 1.807) is 0 Å². The molecule has 2 N–H and O–H groups in total. The van der Waals surface area contributed by atoms with Crippen molar-refractivity contribution in [3.05, 3.63) is 21.3 Å². The molecule has 114 valence electrons. The second-order valence-corrected chi connectivity index (χ2v) is 6.32. The summed E-state index contributed by atoms with van der Waals surface area (Å²) in [6.07, 6.45) is 0.00540. The lowest BCUT2D eigenvalue weighted by Gasteiger charge is -2.11. The zero-order chi connectivity index (χ0) is 15.2. The van der Waals surface area contributed by atoms with Crippen LogP contribution >= 0.6 is 22.9 Å². The number of anilines is 2. The first-order chi connectivity index (χ1) is 10.1. The van der Waals surface area contributed by atoms with Crippen molar-refractivity contribution in [2.75, 3.05) is 17.2 Å². The Morgan fingerprint density at radius 2 is 1.90 bits per heavy atom. The minimum atomic E-state index is 0.00540. The minimum Gasteiger partial charge on any atom is -0.461 e. The van der Waals surface area contributed by atoms with E-state index >= 15 is 0 Å². The van der Waals surface area contributed by atoms with E-state index in [4.69, 9.17) is 16.3 Å². The van der Waals surface area contributed by atoms with Gasteiger partial charge in [0.2, 0.25) is 11.9 Å². The molecule has 0 unspecified atom stereocenters. The molecule has 0 atom stereocenters. The number of nitrogens with zero attached hydrogens (tertiary/aromatic N) is 3. The van der Waals surface area contributed by atoms with Gasteiger partial charge in [0.05, 0.1) is 17.0 Å². The van der Waals surface area contributed by atoms with Crippen molar-refractivity contribution < 1.29 is 4.74 Å². The molecule has 0 aliphatic heterocycles. The van der Waals surface area contributed by atoms with Gasteiger partial charge in [-0.15, -0.1) is 11.3 Å². The number of thiophene rings is 1. The van der Waals surface area contributed by atoms with Crippen LogP contribution in [0.25, 0.3) is 0 Å².